The fourth-order valence-corrected chi connectivity index (χ4v) is 5.66. The Morgan fingerprint density at radius 1 is 1.17 bits per heavy atom. The first-order valence-corrected chi connectivity index (χ1v) is 11.3. The number of hydrogen-bond donors (Lipinski definition) is 2. The predicted molar refractivity (Wildman–Crippen MR) is 116 cm³/mol. The molecule has 2 aliphatic rings. The monoisotopic (exact) mass is 421 g/mol. The highest BCUT2D eigenvalue weighted by atomic mass is 32.2. The lowest BCUT2D eigenvalue weighted by Crippen LogP contribution is -2.54. The zero-order valence-electron chi connectivity index (χ0n) is 17.2. The highest BCUT2D eigenvalue weighted by molar-refractivity contribution is 7.78. The van der Waals surface area contributed by atoms with Crippen LogP contribution < -0.4 is 20.3 Å². The number of aliphatic imine (C=N–C) groups is 1. The van der Waals surface area contributed by atoms with Gasteiger partial charge in [0.2, 0.25) is 0 Å². The van der Waals surface area contributed by atoms with Crippen LogP contribution in [0.5, 0.6) is 0 Å². The smallest absolute Gasteiger partial charge is 0.280 e. The minimum Gasteiger partial charge on any atom is -0.724 e. The molecule has 3 unspecified atom stereocenters. The van der Waals surface area contributed by atoms with E-state index in [2.05, 4.69) is 23.7 Å². The summed E-state index contributed by atoms with van der Waals surface area (Å²) in [4.78, 5) is 18.3. The summed E-state index contributed by atoms with van der Waals surface area (Å²) in [5, 5.41) is 0. The van der Waals surface area contributed by atoms with Gasteiger partial charge in [0.05, 0.1) is 13.1 Å². The molecule has 0 aromatic heterocycles. The van der Waals surface area contributed by atoms with E-state index < -0.39 is 17.2 Å². The van der Waals surface area contributed by atoms with Crippen molar-refractivity contribution in [3.8, 4) is 0 Å². The van der Waals surface area contributed by atoms with E-state index in [9.17, 15) is 13.6 Å². The van der Waals surface area contributed by atoms with Crippen LogP contribution in [0.25, 0.3) is 0 Å². The van der Waals surface area contributed by atoms with Gasteiger partial charge in [0.25, 0.3) is 5.91 Å². The Morgan fingerprint density at radius 2 is 1.79 bits per heavy atom. The highest BCUT2D eigenvalue weighted by Crippen LogP contribution is 2.41. The van der Waals surface area contributed by atoms with Gasteiger partial charge in [-0.05, 0) is 49.7 Å². The highest BCUT2D eigenvalue weighted by Gasteiger charge is 2.39. The Hall–Kier alpha value is -1.97. The van der Waals surface area contributed by atoms with E-state index in [1.54, 1.807) is 18.2 Å². The molecular weight excluding hydrogens is 390 g/mol. The third kappa shape index (κ3) is 4.62. The Morgan fingerprint density at radius 3 is 2.34 bits per heavy atom. The molecule has 8 nitrogen and oxygen atoms in total. The molecule has 4 N–H and O–H groups in total. The maximum Gasteiger partial charge on any atom is 0.280 e. The summed E-state index contributed by atoms with van der Waals surface area (Å²) in [6.45, 7) is 7.14. The average molecular weight is 422 g/mol. The molecule has 2 aliphatic heterocycles. The molecule has 1 amide bonds. The van der Waals surface area contributed by atoms with Crippen molar-refractivity contribution in [2.75, 3.05) is 31.1 Å². The van der Waals surface area contributed by atoms with Crippen LogP contribution >= 0.6 is 0 Å². The summed E-state index contributed by atoms with van der Waals surface area (Å²) < 4.78 is 24.8. The number of rotatable bonds is 4. The van der Waals surface area contributed by atoms with E-state index in [-0.39, 0.29) is 9.85 Å². The number of carbonyl (C=O) groups excluding carboxylic acids is 1. The van der Waals surface area contributed by atoms with Crippen LogP contribution in [0.2, 0.25) is 0 Å². The maximum absolute atomic E-state index is 12.4. The van der Waals surface area contributed by atoms with Gasteiger partial charge < -0.3 is 20.9 Å². The molecule has 0 radical (unpaired) electrons. The first-order valence-electron chi connectivity index (χ1n) is 10.2. The zero-order valence-corrected chi connectivity index (χ0v) is 18.0. The first-order chi connectivity index (χ1) is 13.7. The second-order valence-electron chi connectivity index (χ2n) is 8.51. The van der Waals surface area contributed by atoms with Gasteiger partial charge >= 0.3 is 0 Å². The lowest BCUT2D eigenvalue weighted by Gasteiger charge is -2.44. The molecule has 2 heterocycles. The fraction of sp³-hybridized carbons (Fsp3) is 0.600. The number of carbonyl (C=O) groups is 1. The molecule has 2 fully saturated rings. The van der Waals surface area contributed by atoms with Gasteiger partial charge in [0.1, 0.15) is 5.69 Å². The molecule has 1 aromatic carbocycles. The molecule has 1 aromatic rings. The van der Waals surface area contributed by atoms with Crippen molar-refractivity contribution in [2.45, 2.75) is 39.5 Å². The molecular formula is C20H31N5O3S. The number of piperidine rings is 2. The van der Waals surface area contributed by atoms with Crippen molar-refractivity contribution in [3.05, 3.63) is 23.8 Å². The van der Waals surface area contributed by atoms with E-state index >= 15 is 0 Å². The van der Waals surface area contributed by atoms with Crippen LogP contribution in [0.4, 0.5) is 11.4 Å². The van der Waals surface area contributed by atoms with Gasteiger partial charge in [-0.3, -0.25) is 4.79 Å². The Labute approximate surface area is 175 Å². The van der Waals surface area contributed by atoms with Crippen LogP contribution in [0, 0.1) is 11.8 Å². The predicted octanol–water partition coefficient (Wildman–Crippen LogP) is 1.87. The number of nitrogens with two attached hydrogens (primary N) is 2. The van der Waals surface area contributed by atoms with Gasteiger partial charge in [0.15, 0.2) is 22.9 Å². The third-order valence-corrected chi connectivity index (χ3v) is 7.06. The lowest BCUT2D eigenvalue weighted by atomic mass is 9.91. The number of nitrogens with zero attached hydrogens (tertiary/aromatic N) is 3. The van der Waals surface area contributed by atoms with Crippen molar-refractivity contribution in [3.63, 3.8) is 0 Å². The Bertz CT molecular complexity index is 808. The molecule has 29 heavy (non-hydrogen) atoms. The Balaban J connectivity index is 2.13. The van der Waals surface area contributed by atoms with E-state index in [0.717, 1.165) is 50.1 Å². The number of amides is 1. The average Bonchev–Trinajstić information content (AvgIpc) is 2.66. The SMILES string of the molecule is CC1CC(C)CN(c2cc(C(=O)N=C(N)N)ccc2[N+]2(S(=O)[O-])CCCCC2)C1. The molecule has 3 rings (SSSR count). The summed E-state index contributed by atoms with van der Waals surface area (Å²) in [6, 6.07) is 5.16. The summed E-state index contributed by atoms with van der Waals surface area (Å²) in [5.74, 6) is 0.151. The van der Waals surface area contributed by atoms with Crippen molar-refractivity contribution in [1.82, 2.24) is 3.89 Å². The van der Waals surface area contributed by atoms with Crippen molar-refractivity contribution >= 4 is 34.5 Å². The number of quaternary nitrogens is 1. The molecule has 3 atom stereocenters. The number of benzene rings is 1. The minimum atomic E-state index is -2.31. The maximum atomic E-state index is 12.4. The molecule has 0 saturated carbocycles. The van der Waals surface area contributed by atoms with Gasteiger partial charge in [0, 0.05) is 24.7 Å². The van der Waals surface area contributed by atoms with E-state index in [4.69, 9.17) is 11.5 Å². The molecule has 0 spiro atoms. The van der Waals surface area contributed by atoms with Crippen LogP contribution in [-0.2, 0) is 11.3 Å². The van der Waals surface area contributed by atoms with Crippen molar-refractivity contribution in [2.24, 2.45) is 28.3 Å². The van der Waals surface area contributed by atoms with E-state index in [1.165, 1.54) is 0 Å². The lowest BCUT2D eigenvalue weighted by molar-refractivity contribution is 0.100. The standard InChI is InChI=1S/C20H31N5O3S/c1-14-10-15(2)13-24(12-14)17-11-16(19(26)23-20(21)22)6-7-18(17)25(29(27)28)8-4-3-5-9-25/h6-7,11,14-15H,3-5,8-10,12-13H2,1-2H3,(H4-,21,22,23,26,27,28). The molecule has 0 aliphatic carbocycles. The molecule has 2 saturated heterocycles. The van der Waals surface area contributed by atoms with E-state index in [1.807, 2.05) is 0 Å². The van der Waals surface area contributed by atoms with Gasteiger partial charge in [-0.1, -0.05) is 13.8 Å². The molecule has 160 valence electrons. The first kappa shape index (κ1) is 21.7. The summed E-state index contributed by atoms with van der Waals surface area (Å²) in [6.07, 6.45) is 3.88. The van der Waals surface area contributed by atoms with E-state index in [0.29, 0.717) is 30.5 Å². The largest absolute Gasteiger partial charge is 0.724 e. The number of hydrogen-bond acceptors (Lipinski definition) is 4. The number of anilines is 1. The second-order valence-corrected chi connectivity index (χ2v) is 9.64. The van der Waals surface area contributed by atoms with Gasteiger partial charge in [-0.15, -0.1) is 0 Å². The summed E-state index contributed by atoms with van der Waals surface area (Å²) >= 11 is -2.31. The minimum absolute atomic E-state index is 0.0919. The van der Waals surface area contributed by atoms with Crippen LogP contribution in [0.15, 0.2) is 23.2 Å². The number of guanidine groups is 1. The molecule has 0 bridgehead atoms. The normalized spacial score (nSPS) is 25.3. The zero-order chi connectivity index (χ0) is 21.2. The summed E-state index contributed by atoms with van der Waals surface area (Å²) in [7, 11) is 0. The van der Waals surface area contributed by atoms with Crippen LogP contribution in [-0.4, -0.2) is 46.8 Å². The van der Waals surface area contributed by atoms with Gasteiger partial charge in [-0.25, -0.2) is 8.10 Å². The van der Waals surface area contributed by atoms with Crippen LogP contribution in [0.3, 0.4) is 0 Å². The third-order valence-electron chi connectivity index (χ3n) is 5.93. The van der Waals surface area contributed by atoms with Crippen molar-refractivity contribution < 1.29 is 13.6 Å². The quantitative estimate of drug-likeness (QED) is 0.331. The Kier molecular flexibility index (Phi) is 6.60. The molecule has 9 heteroatoms. The van der Waals surface area contributed by atoms with Gasteiger partial charge in [-0.2, -0.15) is 4.99 Å². The van der Waals surface area contributed by atoms with Crippen molar-refractivity contribution in [1.29, 1.82) is 0 Å². The second kappa shape index (κ2) is 8.81. The van der Waals surface area contributed by atoms with Crippen LogP contribution in [0.1, 0.15) is 49.9 Å². The topological polar surface area (TPSA) is 125 Å². The summed E-state index contributed by atoms with van der Waals surface area (Å²) in [5.41, 5.74) is 12.6. The fourth-order valence-electron chi connectivity index (χ4n) is 4.79.